The summed E-state index contributed by atoms with van der Waals surface area (Å²) in [6.45, 7) is 5.09. The Labute approximate surface area is 221 Å². The Morgan fingerprint density at radius 2 is 1.89 bits per heavy atom. The number of hydrogen-bond acceptors (Lipinski definition) is 9. The minimum atomic E-state index is -4.59. The zero-order valence-corrected chi connectivity index (χ0v) is 21.6. The van der Waals surface area contributed by atoms with Crippen LogP contribution in [0.4, 0.5) is 24.1 Å². The van der Waals surface area contributed by atoms with E-state index in [1.54, 1.807) is 19.2 Å². The number of ether oxygens (including phenoxy) is 2. The monoisotopic (exact) mass is 549 g/mol. The number of benzene rings is 1. The molecule has 38 heavy (non-hydrogen) atoms. The van der Waals surface area contributed by atoms with Crippen LogP contribution in [0.5, 0.6) is 5.75 Å². The minimum Gasteiger partial charge on any atom is -0.493 e. The number of esters is 1. The number of nitrogens with zero attached hydrogens (tertiary/aromatic N) is 4. The van der Waals surface area contributed by atoms with Crippen molar-refractivity contribution < 1.29 is 32.2 Å². The Morgan fingerprint density at radius 3 is 2.53 bits per heavy atom. The van der Waals surface area contributed by atoms with Crippen molar-refractivity contribution in [2.45, 2.75) is 32.9 Å². The molecule has 1 amide bonds. The smallest absolute Gasteiger partial charge is 0.419 e. The van der Waals surface area contributed by atoms with Crippen molar-refractivity contribution >= 4 is 34.2 Å². The maximum atomic E-state index is 13.5. The molecule has 0 spiro atoms. The number of carbonyl (C=O) groups excluding carboxylic acids is 2. The molecule has 1 fully saturated rings. The number of nitrogens with one attached hydrogen (secondary N) is 1. The van der Waals surface area contributed by atoms with E-state index in [0.717, 1.165) is 17.4 Å². The molecule has 1 N–H and O–H groups in total. The minimum absolute atomic E-state index is 0.0623. The van der Waals surface area contributed by atoms with Crippen LogP contribution in [0.25, 0.3) is 11.3 Å². The maximum absolute atomic E-state index is 13.5. The molecule has 0 atom stereocenters. The number of piperidine rings is 1. The van der Waals surface area contributed by atoms with Crippen molar-refractivity contribution in [1.29, 1.82) is 0 Å². The summed E-state index contributed by atoms with van der Waals surface area (Å²) < 4.78 is 50.6. The van der Waals surface area contributed by atoms with Gasteiger partial charge in [-0.2, -0.15) is 13.2 Å². The number of alkyl halides is 3. The predicted molar refractivity (Wildman–Crippen MR) is 135 cm³/mol. The van der Waals surface area contributed by atoms with Gasteiger partial charge >= 0.3 is 12.1 Å². The van der Waals surface area contributed by atoms with Crippen LogP contribution in [0, 0.1) is 5.92 Å². The van der Waals surface area contributed by atoms with Crippen LogP contribution in [0.15, 0.2) is 36.0 Å². The maximum Gasteiger partial charge on any atom is 0.419 e. The first-order chi connectivity index (χ1) is 18.2. The second-order valence-corrected chi connectivity index (χ2v) is 9.27. The molecule has 13 heteroatoms. The molecule has 9 nitrogen and oxygen atoms in total. The number of rotatable bonds is 8. The van der Waals surface area contributed by atoms with Crippen molar-refractivity contribution in [2.24, 2.45) is 5.92 Å². The van der Waals surface area contributed by atoms with Crippen LogP contribution in [0.3, 0.4) is 0 Å². The molecule has 0 unspecified atom stereocenters. The lowest BCUT2D eigenvalue weighted by molar-refractivity contribution is -0.148. The van der Waals surface area contributed by atoms with Gasteiger partial charge in [0.1, 0.15) is 17.3 Å². The lowest BCUT2D eigenvalue weighted by atomic mass is 9.97. The van der Waals surface area contributed by atoms with Crippen LogP contribution in [-0.4, -0.2) is 53.1 Å². The number of thiazole rings is 1. The molecule has 1 aliphatic rings. The van der Waals surface area contributed by atoms with E-state index in [1.165, 1.54) is 24.5 Å². The third-order valence-electron chi connectivity index (χ3n) is 5.91. The number of halogens is 3. The van der Waals surface area contributed by atoms with Crippen LogP contribution in [0.1, 0.15) is 42.7 Å². The van der Waals surface area contributed by atoms with Gasteiger partial charge in [0, 0.05) is 24.0 Å². The van der Waals surface area contributed by atoms with Crippen molar-refractivity contribution in [1.82, 2.24) is 15.0 Å². The summed E-state index contributed by atoms with van der Waals surface area (Å²) in [4.78, 5) is 39.3. The first-order valence-electron chi connectivity index (χ1n) is 12.0. The van der Waals surface area contributed by atoms with Gasteiger partial charge in [0.15, 0.2) is 5.13 Å². The van der Waals surface area contributed by atoms with Crippen molar-refractivity contribution in [2.75, 3.05) is 36.5 Å². The largest absolute Gasteiger partial charge is 0.493 e. The van der Waals surface area contributed by atoms with Gasteiger partial charge < -0.3 is 14.4 Å². The highest BCUT2D eigenvalue weighted by Crippen LogP contribution is 2.39. The van der Waals surface area contributed by atoms with Gasteiger partial charge in [0.25, 0.3) is 5.91 Å². The quantitative estimate of drug-likeness (QED) is 0.389. The zero-order valence-electron chi connectivity index (χ0n) is 20.7. The van der Waals surface area contributed by atoms with Crippen LogP contribution in [0.2, 0.25) is 0 Å². The topological polar surface area (TPSA) is 107 Å². The second-order valence-electron chi connectivity index (χ2n) is 8.41. The van der Waals surface area contributed by atoms with E-state index in [9.17, 15) is 22.8 Å². The molecule has 0 aliphatic carbocycles. The summed E-state index contributed by atoms with van der Waals surface area (Å²) in [7, 11) is 0. The SMILES string of the molecule is CCOC(=O)C1CCN(c2cnc(C(=O)Nc3nc(-c4ccc(OCC)c(C(F)(F)F)c4)cs3)cn2)CC1. The molecular formula is C25H26F3N5O4S. The number of anilines is 2. The Morgan fingerprint density at radius 1 is 1.13 bits per heavy atom. The van der Waals surface area contributed by atoms with Crippen LogP contribution in [-0.2, 0) is 15.7 Å². The van der Waals surface area contributed by atoms with Crippen molar-refractivity contribution in [3.63, 3.8) is 0 Å². The molecule has 3 aromatic rings. The van der Waals surface area contributed by atoms with Crippen molar-refractivity contribution in [3.05, 3.63) is 47.2 Å². The highest BCUT2D eigenvalue weighted by molar-refractivity contribution is 7.14. The molecule has 202 valence electrons. The summed E-state index contributed by atoms with van der Waals surface area (Å²) in [6, 6.07) is 3.72. The Bertz CT molecular complexity index is 1270. The van der Waals surface area contributed by atoms with E-state index in [1.807, 2.05) is 4.90 Å². The first kappa shape index (κ1) is 27.3. The Hall–Kier alpha value is -3.74. The third-order valence-corrected chi connectivity index (χ3v) is 6.67. The molecule has 0 bridgehead atoms. The summed E-state index contributed by atoms with van der Waals surface area (Å²) >= 11 is 1.08. The fraction of sp³-hybridized carbons (Fsp3) is 0.400. The van der Waals surface area contributed by atoms with E-state index in [-0.39, 0.29) is 46.3 Å². The fourth-order valence-corrected chi connectivity index (χ4v) is 4.74. The number of aromatic nitrogens is 3. The third kappa shape index (κ3) is 6.39. The summed E-state index contributed by atoms with van der Waals surface area (Å²) in [5.41, 5.74) is -0.303. The standard InChI is InChI=1S/C25H26F3N5O4S/c1-3-36-20-6-5-16(11-17(20)25(26,27)28)19-14-38-24(31-19)32-22(34)18-12-30-21(13-29-18)33-9-7-15(8-10-33)23(35)37-4-2/h5-6,11-15H,3-4,7-10H2,1-2H3,(H,31,32,34). The lowest BCUT2D eigenvalue weighted by Gasteiger charge is -2.31. The highest BCUT2D eigenvalue weighted by atomic mass is 32.1. The van der Waals surface area contributed by atoms with Crippen LogP contribution >= 0.6 is 11.3 Å². The lowest BCUT2D eigenvalue weighted by Crippen LogP contribution is -2.37. The van der Waals surface area contributed by atoms with Gasteiger partial charge in [-0.25, -0.2) is 15.0 Å². The molecule has 4 rings (SSSR count). The average molecular weight is 550 g/mol. The van der Waals surface area contributed by atoms with Gasteiger partial charge in [-0.15, -0.1) is 11.3 Å². The summed E-state index contributed by atoms with van der Waals surface area (Å²) in [5, 5.41) is 4.37. The predicted octanol–water partition coefficient (Wildman–Crippen LogP) is 5.05. The van der Waals surface area contributed by atoms with Gasteiger partial charge in [-0.05, 0) is 44.9 Å². The fourth-order valence-electron chi connectivity index (χ4n) is 4.02. The number of hydrogen-bond donors (Lipinski definition) is 1. The second kappa shape index (κ2) is 11.8. The van der Waals surface area contributed by atoms with Gasteiger partial charge in [-0.1, -0.05) is 0 Å². The van der Waals surface area contributed by atoms with E-state index in [0.29, 0.717) is 38.4 Å². The number of carbonyl (C=O) groups is 2. The molecule has 2 aromatic heterocycles. The summed E-state index contributed by atoms with van der Waals surface area (Å²) in [5.74, 6) is -0.517. The molecular weight excluding hydrogens is 523 g/mol. The summed E-state index contributed by atoms with van der Waals surface area (Å²) in [6.07, 6.45) is -0.457. The molecule has 1 aliphatic heterocycles. The molecule has 1 saturated heterocycles. The van der Waals surface area contributed by atoms with E-state index in [4.69, 9.17) is 9.47 Å². The van der Waals surface area contributed by atoms with Gasteiger partial charge in [0.05, 0.1) is 42.8 Å². The highest BCUT2D eigenvalue weighted by Gasteiger charge is 2.35. The van der Waals surface area contributed by atoms with Crippen molar-refractivity contribution in [3.8, 4) is 17.0 Å². The molecule has 1 aromatic carbocycles. The van der Waals surface area contributed by atoms with E-state index < -0.39 is 17.6 Å². The first-order valence-corrected chi connectivity index (χ1v) is 12.9. The van der Waals surface area contributed by atoms with Crippen LogP contribution < -0.4 is 15.0 Å². The molecule has 0 saturated carbocycles. The van der Waals surface area contributed by atoms with Gasteiger partial charge in [-0.3, -0.25) is 14.9 Å². The molecule has 3 heterocycles. The van der Waals surface area contributed by atoms with Gasteiger partial charge in [0.2, 0.25) is 0 Å². The number of amides is 1. The normalized spacial score (nSPS) is 14.3. The zero-order chi connectivity index (χ0) is 27.3. The Balaban J connectivity index is 1.39. The average Bonchev–Trinajstić information content (AvgIpc) is 3.37. The van der Waals surface area contributed by atoms with E-state index >= 15 is 0 Å². The van der Waals surface area contributed by atoms with E-state index in [2.05, 4.69) is 20.3 Å². The molecule has 0 radical (unpaired) electrons. The Kier molecular flexibility index (Phi) is 8.45.